The molecule has 0 aliphatic rings. The number of carboxylic acid groups (broad SMARTS) is 1. The summed E-state index contributed by atoms with van der Waals surface area (Å²) in [6.45, 7) is -0.297. The minimum atomic E-state index is -1.01. The van der Waals surface area contributed by atoms with Crippen LogP contribution in [-0.4, -0.2) is 37.9 Å². The van der Waals surface area contributed by atoms with Crippen LogP contribution in [0.25, 0.3) is 22.8 Å². The van der Waals surface area contributed by atoms with E-state index in [2.05, 4.69) is 15.1 Å². The average Bonchev–Trinajstić information content (AvgIpc) is 2.98. The average molecular weight is 345 g/mol. The molecule has 0 amide bonds. The highest BCUT2D eigenvalue weighted by Gasteiger charge is 2.16. The number of rotatable bonds is 5. The SMILES string of the molecule is COc1ccc(-c2nc(-c3ccncc3)n(CC(=O)O)n2)cc1Cl. The predicted molar refractivity (Wildman–Crippen MR) is 87.9 cm³/mol. The standard InChI is InChI=1S/C16H13ClN4O3/c1-24-13-3-2-11(8-12(13)17)15-19-16(10-4-6-18-7-5-10)21(20-15)9-14(22)23/h2-8H,9H2,1H3,(H,22,23). The van der Waals surface area contributed by atoms with E-state index in [9.17, 15) is 4.79 Å². The number of hydrogen-bond donors (Lipinski definition) is 1. The Bertz CT molecular complexity index is 880. The van der Waals surface area contributed by atoms with Crippen LogP contribution < -0.4 is 4.74 Å². The molecule has 7 nitrogen and oxygen atoms in total. The lowest BCUT2D eigenvalue weighted by Crippen LogP contribution is -2.11. The smallest absolute Gasteiger partial charge is 0.325 e. The summed E-state index contributed by atoms with van der Waals surface area (Å²) in [5.41, 5.74) is 1.39. The molecule has 1 N–H and O–H groups in total. The Morgan fingerprint density at radius 2 is 2.00 bits per heavy atom. The van der Waals surface area contributed by atoms with Crippen LogP contribution in [-0.2, 0) is 11.3 Å². The molecule has 0 aliphatic heterocycles. The summed E-state index contributed by atoms with van der Waals surface area (Å²) >= 11 is 6.14. The first-order valence-corrected chi connectivity index (χ1v) is 7.37. The van der Waals surface area contributed by atoms with Gasteiger partial charge in [-0.1, -0.05) is 11.6 Å². The maximum absolute atomic E-state index is 11.1. The second-order valence-corrected chi connectivity index (χ2v) is 5.30. The van der Waals surface area contributed by atoms with Gasteiger partial charge in [-0.3, -0.25) is 9.78 Å². The number of pyridine rings is 1. The number of hydrogen-bond acceptors (Lipinski definition) is 5. The summed E-state index contributed by atoms with van der Waals surface area (Å²) < 4.78 is 6.46. The number of ether oxygens (including phenoxy) is 1. The van der Waals surface area contributed by atoms with Crippen LogP contribution in [0.1, 0.15) is 0 Å². The molecule has 122 valence electrons. The summed E-state index contributed by atoms with van der Waals surface area (Å²) in [7, 11) is 1.53. The van der Waals surface area contributed by atoms with Gasteiger partial charge in [0.15, 0.2) is 11.6 Å². The van der Waals surface area contributed by atoms with E-state index in [1.165, 1.54) is 11.8 Å². The lowest BCUT2D eigenvalue weighted by molar-refractivity contribution is -0.137. The van der Waals surface area contributed by atoms with Crippen molar-refractivity contribution in [3.05, 3.63) is 47.7 Å². The Kier molecular flexibility index (Phi) is 4.43. The zero-order valence-electron chi connectivity index (χ0n) is 12.7. The number of aromatic nitrogens is 4. The first-order valence-electron chi connectivity index (χ1n) is 6.99. The monoisotopic (exact) mass is 344 g/mol. The molecule has 8 heteroatoms. The minimum absolute atomic E-state index is 0.297. The van der Waals surface area contributed by atoms with Crippen LogP contribution in [0.3, 0.4) is 0 Å². The van der Waals surface area contributed by atoms with E-state index in [-0.39, 0.29) is 6.54 Å². The normalized spacial score (nSPS) is 10.6. The van der Waals surface area contributed by atoms with Gasteiger partial charge < -0.3 is 9.84 Å². The largest absolute Gasteiger partial charge is 0.495 e. The molecule has 3 aromatic rings. The molecule has 0 saturated heterocycles. The molecule has 0 spiro atoms. The number of benzene rings is 1. The van der Waals surface area contributed by atoms with Gasteiger partial charge in [0.2, 0.25) is 0 Å². The van der Waals surface area contributed by atoms with Crippen molar-refractivity contribution in [3.63, 3.8) is 0 Å². The maximum atomic E-state index is 11.1. The maximum Gasteiger partial charge on any atom is 0.325 e. The van der Waals surface area contributed by atoms with Crippen molar-refractivity contribution in [2.24, 2.45) is 0 Å². The van der Waals surface area contributed by atoms with Crippen molar-refractivity contribution >= 4 is 17.6 Å². The molecule has 0 radical (unpaired) electrons. The Hall–Kier alpha value is -2.93. The Balaban J connectivity index is 2.08. The number of carbonyl (C=O) groups is 1. The van der Waals surface area contributed by atoms with Crippen molar-refractivity contribution in [3.8, 4) is 28.5 Å². The molecule has 2 aromatic heterocycles. The molecular formula is C16H13ClN4O3. The Morgan fingerprint density at radius 3 is 2.62 bits per heavy atom. The number of methoxy groups -OCH3 is 1. The summed E-state index contributed by atoms with van der Waals surface area (Å²) in [4.78, 5) is 19.5. The van der Waals surface area contributed by atoms with Crippen LogP contribution in [0.2, 0.25) is 5.02 Å². The van der Waals surface area contributed by atoms with Gasteiger partial charge in [-0.05, 0) is 30.3 Å². The van der Waals surface area contributed by atoms with Gasteiger partial charge in [-0.15, -0.1) is 5.10 Å². The first kappa shape index (κ1) is 15.9. The molecule has 3 rings (SSSR count). The molecule has 0 aliphatic carbocycles. The highest BCUT2D eigenvalue weighted by Crippen LogP contribution is 2.30. The third-order valence-electron chi connectivity index (χ3n) is 3.31. The van der Waals surface area contributed by atoms with Crippen molar-refractivity contribution in [1.29, 1.82) is 0 Å². The fourth-order valence-electron chi connectivity index (χ4n) is 2.22. The first-order chi connectivity index (χ1) is 11.6. The van der Waals surface area contributed by atoms with Crippen molar-refractivity contribution in [2.45, 2.75) is 6.54 Å². The predicted octanol–water partition coefficient (Wildman–Crippen LogP) is 2.75. The fraction of sp³-hybridized carbons (Fsp3) is 0.125. The van der Waals surface area contributed by atoms with E-state index < -0.39 is 5.97 Å². The lowest BCUT2D eigenvalue weighted by Gasteiger charge is -2.03. The third-order valence-corrected chi connectivity index (χ3v) is 3.60. The number of halogens is 1. The number of nitrogens with zero attached hydrogens (tertiary/aromatic N) is 4. The molecule has 1 aromatic carbocycles. The minimum Gasteiger partial charge on any atom is -0.495 e. The van der Waals surface area contributed by atoms with Gasteiger partial charge in [0.1, 0.15) is 12.3 Å². The van der Waals surface area contributed by atoms with Gasteiger partial charge in [-0.2, -0.15) is 0 Å². The molecule has 0 saturated carbocycles. The van der Waals surface area contributed by atoms with Crippen molar-refractivity contribution < 1.29 is 14.6 Å². The molecule has 0 atom stereocenters. The van der Waals surface area contributed by atoms with Crippen LogP contribution in [0.5, 0.6) is 5.75 Å². The molecule has 0 unspecified atom stereocenters. The van der Waals surface area contributed by atoms with E-state index in [0.717, 1.165) is 5.56 Å². The number of aliphatic carboxylic acids is 1. The van der Waals surface area contributed by atoms with E-state index in [1.54, 1.807) is 42.7 Å². The lowest BCUT2D eigenvalue weighted by atomic mass is 10.2. The van der Waals surface area contributed by atoms with E-state index in [1.807, 2.05) is 0 Å². The second kappa shape index (κ2) is 6.67. The van der Waals surface area contributed by atoms with Gasteiger partial charge in [-0.25, -0.2) is 9.67 Å². The molecule has 2 heterocycles. The van der Waals surface area contributed by atoms with Gasteiger partial charge in [0.05, 0.1) is 12.1 Å². The fourth-order valence-corrected chi connectivity index (χ4v) is 2.48. The topological polar surface area (TPSA) is 90.1 Å². The third kappa shape index (κ3) is 3.21. The second-order valence-electron chi connectivity index (χ2n) is 4.90. The highest BCUT2D eigenvalue weighted by atomic mass is 35.5. The van der Waals surface area contributed by atoms with E-state index in [4.69, 9.17) is 21.4 Å². The number of carboxylic acids is 1. The van der Waals surface area contributed by atoms with Gasteiger partial charge in [0, 0.05) is 23.5 Å². The highest BCUT2D eigenvalue weighted by molar-refractivity contribution is 6.32. The summed E-state index contributed by atoms with van der Waals surface area (Å²) in [6.07, 6.45) is 3.22. The summed E-state index contributed by atoms with van der Waals surface area (Å²) in [6, 6.07) is 8.64. The Labute approximate surface area is 142 Å². The Morgan fingerprint density at radius 1 is 1.25 bits per heavy atom. The summed E-state index contributed by atoms with van der Waals surface area (Å²) in [5.74, 6) is 0.364. The van der Waals surface area contributed by atoms with Crippen molar-refractivity contribution in [2.75, 3.05) is 7.11 Å². The molecular weight excluding hydrogens is 332 g/mol. The van der Waals surface area contributed by atoms with Crippen LogP contribution >= 0.6 is 11.6 Å². The molecule has 0 bridgehead atoms. The van der Waals surface area contributed by atoms with Crippen LogP contribution in [0.4, 0.5) is 0 Å². The van der Waals surface area contributed by atoms with Crippen LogP contribution in [0, 0.1) is 0 Å². The van der Waals surface area contributed by atoms with E-state index >= 15 is 0 Å². The van der Waals surface area contributed by atoms with Crippen LogP contribution in [0.15, 0.2) is 42.7 Å². The molecule has 24 heavy (non-hydrogen) atoms. The zero-order chi connectivity index (χ0) is 17.1. The molecule has 0 fully saturated rings. The van der Waals surface area contributed by atoms with Gasteiger partial charge in [0.25, 0.3) is 0 Å². The van der Waals surface area contributed by atoms with E-state index in [0.29, 0.717) is 28.0 Å². The summed E-state index contributed by atoms with van der Waals surface area (Å²) in [5, 5.41) is 13.8. The quantitative estimate of drug-likeness (QED) is 0.765. The van der Waals surface area contributed by atoms with Crippen molar-refractivity contribution in [1.82, 2.24) is 19.7 Å². The zero-order valence-corrected chi connectivity index (χ0v) is 13.4. The van der Waals surface area contributed by atoms with Gasteiger partial charge >= 0.3 is 5.97 Å².